The minimum absolute atomic E-state index is 0.0365. The molecule has 6 heteroatoms. The highest BCUT2D eigenvalue weighted by Crippen LogP contribution is 2.27. The summed E-state index contributed by atoms with van der Waals surface area (Å²) >= 11 is 3.13. The summed E-state index contributed by atoms with van der Waals surface area (Å²) < 4.78 is 5.61. The number of furan rings is 1. The van der Waals surface area contributed by atoms with Gasteiger partial charge in [-0.05, 0) is 40.2 Å². The number of halogens is 1. The number of nitro groups is 1. The van der Waals surface area contributed by atoms with Gasteiger partial charge in [-0.1, -0.05) is 0 Å². The molecule has 1 aromatic heterocycles. The molecule has 1 heterocycles. The lowest BCUT2D eigenvalue weighted by Gasteiger charge is -2.04. The van der Waals surface area contributed by atoms with E-state index in [-0.39, 0.29) is 5.69 Å². The maximum atomic E-state index is 10.7. The first-order valence-corrected chi connectivity index (χ1v) is 5.66. The van der Waals surface area contributed by atoms with E-state index in [1.807, 2.05) is 6.07 Å². The van der Waals surface area contributed by atoms with Gasteiger partial charge in [0.1, 0.15) is 5.76 Å². The zero-order valence-electron chi connectivity index (χ0n) is 8.72. The molecule has 1 N–H and O–H groups in total. The lowest BCUT2D eigenvalue weighted by atomic mass is 10.3. The smallest absolute Gasteiger partial charge is 0.285 e. The number of hydrogen-bond acceptors (Lipinski definition) is 4. The van der Waals surface area contributed by atoms with Crippen molar-refractivity contribution >= 4 is 27.3 Å². The van der Waals surface area contributed by atoms with Gasteiger partial charge in [0.05, 0.1) is 22.2 Å². The molecule has 0 bridgehead atoms. The molecule has 0 radical (unpaired) electrons. The van der Waals surface area contributed by atoms with Crippen LogP contribution in [-0.4, -0.2) is 4.92 Å². The maximum Gasteiger partial charge on any atom is 0.285 e. The van der Waals surface area contributed by atoms with Gasteiger partial charge in [-0.15, -0.1) is 0 Å². The van der Waals surface area contributed by atoms with Crippen LogP contribution in [0, 0.1) is 10.1 Å². The van der Waals surface area contributed by atoms with E-state index in [1.54, 1.807) is 24.5 Å². The van der Waals surface area contributed by atoms with Crippen molar-refractivity contribution in [3.63, 3.8) is 0 Å². The molecule has 0 fully saturated rings. The zero-order chi connectivity index (χ0) is 12.3. The van der Waals surface area contributed by atoms with E-state index in [4.69, 9.17) is 4.42 Å². The predicted molar refractivity (Wildman–Crippen MR) is 66.8 cm³/mol. The Bertz CT molecular complexity index is 526. The second-order valence-electron chi connectivity index (χ2n) is 3.36. The number of hydrogen-bond donors (Lipinski definition) is 1. The van der Waals surface area contributed by atoms with Crippen LogP contribution in [0.2, 0.25) is 0 Å². The molecule has 0 aliphatic rings. The fourth-order valence-electron chi connectivity index (χ4n) is 1.36. The van der Waals surface area contributed by atoms with Crippen molar-refractivity contribution in [2.45, 2.75) is 6.54 Å². The minimum atomic E-state index is -0.428. The van der Waals surface area contributed by atoms with Crippen LogP contribution in [-0.2, 0) is 6.54 Å². The monoisotopic (exact) mass is 296 g/mol. The Labute approximate surface area is 106 Å². The van der Waals surface area contributed by atoms with Crippen molar-refractivity contribution < 1.29 is 9.34 Å². The third kappa shape index (κ3) is 2.85. The number of nitro benzene ring substituents is 1. The second-order valence-corrected chi connectivity index (χ2v) is 4.21. The van der Waals surface area contributed by atoms with Crippen LogP contribution in [0.3, 0.4) is 0 Å². The summed E-state index contributed by atoms with van der Waals surface area (Å²) in [6.45, 7) is 0.492. The summed E-state index contributed by atoms with van der Waals surface area (Å²) in [6, 6.07) is 8.51. The molecule has 0 saturated heterocycles. The lowest BCUT2D eigenvalue weighted by molar-refractivity contribution is -0.385. The number of nitrogens with one attached hydrogen (secondary N) is 1. The van der Waals surface area contributed by atoms with Crippen molar-refractivity contribution in [3.8, 4) is 0 Å². The standard InChI is InChI=1S/C11H9BrN2O3/c12-10-4-3-8(6-11(10)14(15)16)13-7-9-2-1-5-17-9/h1-6,13H,7H2. The first-order valence-electron chi connectivity index (χ1n) is 4.87. The predicted octanol–water partition coefficient (Wildman–Crippen LogP) is 3.56. The Hall–Kier alpha value is -1.82. The third-order valence-corrected chi connectivity index (χ3v) is 2.86. The molecule has 0 spiro atoms. The molecule has 0 amide bonds. The quantitative estimate of drug-likeness (QED) is 0.692. The molecule has 0 atom stereocenters. The molecule has 88 valence electrons. The van der Waals surface area contributed by atoms with Crippen LogP contribution in [0.4, 0.5) is 11.4 Å². The summed E-state index contributed by atoms with van der Waals surface area (Å²) in [4.78, 5) is 10.3. The largest absolute Gasteiger partial charge is 0.467 e. The van der Waals surface area contributed by atoms with Crippen LogP contribution < -0.4 is 5.32 Å². The van der Waals surface area contributed by atoms with Crippen molar-refractivity contribution in [2.75, 3.05) is 5.32 Å². The van der Waals surface area contributed by atoms with E-state index in [1.165, 1.54) is 6.07 Å². The fraction of sp³-hybridized carbons (Fsp3) is 0.0909. The minimum Gasteiger partial charge on any atom is -0.467 e. The third-order valence-electron chi connectivity index (χ3n) is 2.19. The van der Waals surface area contributed by atoms with Crippen molar-refractivity contribution in [1.29, 1.82) is 0 Å². The van der Waals surface area contributed by atoms with E-state index in [2.05, 4.69) is 21.2 Å². The first-order chi connectivity index (χ1) is 8.16. The van der Waals surface area contributed by atoms with E-state index in [0.717, 1.165) is 5.76 Å². The van der Waals surface area contributed by atoms with Crippen molar-refractivity contribution in [3.05, 3.63) is 56.9 Å². The molecule has 0 aliphatic heterocycles. The molecular formula is C11H9BrN2O3. The van der Waals surface area contributed by atoms with Gasteiger partial charge in [-0.3, -0.25) is 10.1 Å². The molecule has 1 aromatic carbocycles. The van der Waals surface area contributed by atoms with Gasteiger partial charge < -0.3 is 9.73 Å². The van der Waals surface area contributed by atoms with E-state index in [0.29, 0.717) is 16.7 Å². The van der Waals surface area contributed by atoms with Crippen molar-refractivity contribution in [2.24, 2.45) is 0 Å². The summed E-state index contributed by atoms with van der Waals surface area (Å²) in [6.07, 6.45) is 1.58. The highest BCUT2D eigenvalue weighted by Gasteiger charge is 2.12. The number of anilines is 1. The maximum absolute atomic E-state index is 10.7. The highest BCUT2D eigenvalue weighted by atomic mass is 79.9. The number of rotatable bonds is 4. The summed E-state index contributed by atoms with van der Waals surface area (Å²) in [5, 5.41) is 13.8. The molecule has 5 nitrogen and oxygen atoms in total. The van der Waals surface area contributed by atoms with Crippen LogP contribution in [0.1, 0.15) is 5.76 Å². The van der Waals surface area contributed by atoms with Gasteiger partial charge in [-0.25, -0.2) is 0 Å². The Balaban J connectivity index is 2.11. The zero-order valence-corrected chi connectivity index (χ0v) is 10.3. The Morgan fingerprint density at radius 2 is 2.24 bits per heavy atom. The van der Waals surface area contributed by atoms with Gasteiger partial charge in [0, 0.05) is 11.8 Å². The Kier molecular flexibility index (Phi) is 3.43. The molecule has 0 aliphatic carbocycles. The molecule has 0 saturated carbocycles. The average molecular weight is 297 g/mol. The average Bonchev–Trinajstić information content (AvgIpc) is 2.80. The number of nitrogens with zero attached hydrogens (tertiary/aromatic N) is 1. The topological polar surface area (TPSA) is 68.3 Å². The van der Waals surface area contributed by atoms with Gasteiger partial charge >= 0.3 is 0 Å². The van der Waals surface area contributed by atoms with Gasteiger partial charge in [0.15, 0.2) is 0 Å². The van der Waals surface area contributed by atoms with E-state index >= 15 is 0 Å². The molecule has 0 unspecified atom stereocenters. The highest BCUT2D eigenvalue weighted by molar-refractivity contribution is 9.10. The fourth-order valence-corrected chi connectivity index (χ4v) is 1.76. The normalized spacial score (nSPS) is 10.2. The molecule has 2 aromatic rings. The van der Waals surface area contributed by atoms with E-state index in [9.17, 15) is 10.1 Å². The lowest BCUT2D eigenvalue weighted by Crippen LogP contribution is -1.99. The van der Waals surface area contributed by atoms with Crippen LogP contribution in [0.25, 0.3) is 0 Å². The SMILES string of the molecule is O=[N+]([O-])c1cc(NCc2ccco2)ccc1Br. The summed E-state index contributed by atoms with van der Waals surface area (Å²) in [5.74, 6) is 0.774. The Morgan fingerprint density at radius 3 is 2.88 bits per heavy atom. The summed E-state index contributed by atoms with van der Waals surface area (Å²) in [7, 11) is 0. The molecule has 17 heavy (non-hydrogen) atoms. The second kappa shape index (κ2) is 5.01. The van der Waals surface area contributed by atoms with E-state index < -0.39 is 4.92 Å². The van der Waals surface area contributed by atoms with Crippen LogP contribution in [0.5, 0.6) is 0 Å². The number of benzene rings is 1. The van der Waals surface area contributed by atoms with Crippen LogP contribution >= 0.6 is 15.9 Å². The van der Waals surface area contributed by atoms with Gasteiger partial charge in [0.2, 0.25) is 0 Å². The summed E-state index contributed by atoms with van der Waals surface area (Å²) in [5.41, 5.74) is 0.714. The van der Waals surface area contributed by atoms with Gasteiger partial charge in [-0.2, -0.15) is 0 Å². The van der Waals surface area contributed by atoms with Crippen molar-refractivity contribution in [1.82, 2.24) is 0 Å². The van der Waals surface area contributed by atoms with Crippen LogP contribution in [0.15, 0.2) is 45.5 Å². The van der Waals surface area contributed by atoms with Gasteiger partial charge in [0.25, 0.3) is 5.69 Å². The molecular weight excluding hydrogens is 288 g/mol. The Morgan fingerprint density at radius 1 is 1.41 bits per heavy atom. The molecule has 2 rings (SSSR count). The first kappa shape index (κ1) is 11.7.